The second kappa shape index (κ2) is 7.22. The fourth-order valence-electron chi connectivity index (χ4n) is 2.50. The molecule has 0 aromatic heterocycles. The van der Waals surface area contributed by atoms with Gasteiger partial charge in [-0.3, -0.25) is 9.69 Å². The first kappa shape index (κ1) is 16.4. The average molecular weight is 272 g/mol. The molecule has 1 rings (SSSR count). The SMILES string of the molecule is CCN(CC)C(=O)C(C)N(C)CC1(O)CCOCC1. The van der Waals surface area contributed by atoms with E-state index in [1.165, 1.54) is 0 Å². The maximum absolute atomic E-state index is 12.3. The van der Waals surface area contributed by atoms with E-state index in [-0.39, 0.29) is 11.9 Å². The first-order valence-corrected chi connectivity index (χ1v) is 7.22. The topological polar surface area (TPSA) is 53.0 Å². The molecule has 0 bridgehead atoms. The van der Waals surface area contributed by atoms with Crippen LogP contribution in [-0.2, 0) is 9.53 Å². The summed E-state index contributed by atoms with van der Waals surface area (Å²) in [6.45, 7) is 9.05. The minimum absolute atomic E-state index is 0.128. The van der Waals surface area contributed by atoms with Crippen LogP contribution in [0.25, 0.3) is 0 Å². The first-order valence-electron chi connectivity index (χ1n) is 7.22. The highest BCUT2D eigenvalue weighted by atomic mass is 16.5. The molecule has 5 heteroatoms. The predicted molar refractivity (Wildman–Crippen MR) is 75.0 cm³/mol. The van der Waals surface area contributed by atoms with E-state index >= 15 is 0 Å². The molecule has 1 unspecified atom stereocenters. The van der Waals surface area contributed by atoms with Gasteiger partial charge in [0.05, 0.1) is 11.6 Å². The Labute approximate surface area is 116 Å². The minimum atomic E-state index is -0.717. The van der Waals surface area contributed by atoms with E-state index in [0.29, 0.717) is 32.6 Å². The Morgan fingerprint density at radius 2 is 1.84 bits per heavy atom. The van der Waals surface area contributed by atoms with Gasteiger partial charge in [-0.25, -0.2) is 0 Å². The van der Waals surface area contributed by atoms with Gasteiger partial charge in [-0.15, -0.1) is 0 Å². The van der Waals surface area contributed by atoms with E-state index in [1.54, 1.807) is 0 Å². The highest BCUT2D eigenvalue weighted by Gasteiger charge is 2.33. The predicted octanol–water partition coefficient (Wildman–Crippen LogP) is 0.717. The Hall–Kier alpha value is -0.650. The van der Waals surface area contributed by atoms with E-state index in [4.69, 9.17) is 4.74 Å². The molecule has 5 nitrogen and oxygen atoms in total. The van der Waals surface area contributed by atoms with Crippen LogP contribution in [0.3, 0.4) is 0 Å². The van der Waals surface area contributed by atoms with Gasteiger partial charge in [-0.05, 0) is 27.8 Å². The number of amides is 1. The molecule has 1 aliphatic heterocycles. The summed E-state index contributed by atoms with van der Waals surface area (Å²) >= 11 is 0. The van der Waals surface area contributed by atoms with Gasteiger partial charge in [0, 0.05) is 45.7 Å². The largest absolute Gasteiger partial charge is 0.388 e. The van der Waals surface area contributed by atoms with E-state index in [2.05, 4.69) is 0 Å². The van der Waals surface area contributed by atoms with Crippen LogP contribution >= 0.6 is 0 Å². The van der Waals surface area contributed by atoms with Crippen LogP contribution in [0.1, 0.15) is 33.6 Å². The van der Waals surface area contributed by atoms with E-state index < -0.39 is 5.60 Å². The minimum Gasteiger partial charge on any atom is -0.388 e. The number of hydrogen-bond acceptors (Lipinski definition) is 4. The number of likely N-dealkylation sites (N-methyl/N-ethyl adjacent to an activating group) is 2. The number of ether oxygens (including phenoxy) is 1. The van der Waals surface area contributed by atoms with E-state index in [1.807, 2.05) is 37.6 Å². The highest BCUT2D eigenvalue weighted by Crippen LogP contribution is 2.22. The molecular weight excluding hydrogens is 244 g/mol. The molecule has 1 heterocycles. The number of hydrogen-bond donors (Lipinski definition) is 1. The van der Waals surface area contributed by atoms with Crippen molar-refractivity contribution in [3.05, 3.63) is 0 Å². The van der Waals surface area contributed by atoms with Crippen molar-refractivity contribution in [1.29, 1.82) is 0 Å². The fraction of sp³-hybridized carbons (Fsp3) is 0.929. The summed E-state index contributed by atoms with van der Waals surface area (Å²) in [5.74, 6) is 0.128. The maximum Gasteiger partial charge on any atom is 0.239 e. The van der Waals surface area contributed by atoms with E-state index in [9.17, 15) is 9.90 Å². The van der Waals surface area contributed by atoms with Crippen molar-refractivity contribution in [3.8, 4) is 0 Å². The van der Waals surface area contributed by atoms with Gasteiger partial charge in [0.25, 0.3) is 0 Å². The number of nitrogens with zero attached hydrogens (tertiary/aromatic N) is 2. The molecule has 1 aliphatic rings. The molecule has 1 N–H and O–H groups in total. The van der Waals surface area contributed by atoms with Crippen molar-refractivity contribution in [3.63, 3.8) is 0 Å². The molecule has 0 spiro atoms. The van der Waals surface area contributed by atoms with Gasteiger partial charge in [0.2, 0.25) is 5.91 Å². The molecular formula is C14H28N2O3. The second-order valence-electron chi connectivity index (χ2n) is 5.44. The van der Waals surface area contributed by atoms with Gasteiger partial charge in [0.1, 0.15) is 0 Å². The number of rotatable bonds is 6. The molecule has 19 heavy (non-hydrogen) atoms. The summed E-state index contributed by atoms with van der Waals surface area (Å²) in [6.07, 6.45) is 1.28. The van der Waals surface area contributed by atoms with Crippen LogP contribution < -0.4 is 0 Å². The zero-order valence-corrected chi connectivity index (χ0v) is 12.7. The first-order chi connectivity index (χ1) is 8.93. The van der Waals surface area contributed by atoms with Crippen LogP contribution in [0.5, 0.6) is 0 Å². The third kappa shape index (κ3) is 4.44. The summed E-state index contributed by atoms with van der Waals surface area (Å²) < 4.78 is 5.27. The Morgan fingerprint density at radius 3 is 2.32 bits per heavy atom. The fourth-order valence-corrected chi connectivity index (χ4v) is 2.50. The lowest BCUT2D eigenvalue weighted by Crippen LogP contribution is -2.52. The lowest BCUT2D eigenvalue weighted by atomic mass is 9.93. The molecule has 1 saturated heterocycles. The molecule has 1 fully saturated rings. The molecule has 112 valence electrons. The quantitative estimate of drug-likeness (QED) is 0.774. The molecule has 0 saturated carbocycles. The Balaban J connectivity index is 2.56. The van der Waals surface area contributed by atoms with Crippen LogP contribution in [0.15, 0.2) is 0 Å². The van der Waals surface area contributed by atoms with Gasteiger partial charge >= 0.3 is 0 Å². The van der Waals surface area contributed by atoms with Crippen LogP contribution in [-0.4, -0.2) is 72.4 Å². The summed E-state index contributed by atoms with van der Waals surface area (Å²) in [6, 6.07) is -0.202. The Morgan fingerprint density at radius 1 is 1.32 bits per heavy atom. The van der Waals surface area contributed by atoms with Crippen molar-refractivity contribution in [1.82, 2.24) is 9.80 Å². The summed E-state index contributed by atoms with van der Waals surface area (Å²) in [4.78, 5) is 16.0. The van der Waals surface area contributed by atoms with Crippen LogP contribution in [0, 0.1) is 0 Å². The van der Waals surface area contributed by atoms with Crippen LogP contribution in [0.4, 0.5) is 0 Å². The van der Waals surface area contributed by atoms with Crippen molar-refractivity contribution < 1.29 is 14.6 Å². The van der Waals surface area contributed by atoms with Gasteiger partial charge < -0.3 is 14.7 Å². The standard InChI is InChI=1S/C14H28N2O3/c1-5-16(6-2)13(17)12(3)15(4)11-14(18)7-9-19-10-8-14/h12,18H,5-11H2,1-4H3. The monoisotopic (exact) mass is 272 g/mol. The lowest BCUT2D eigenvalue weighted by molar-refractivity contribution is -0.137. The van der Waals surface area contributed by atoms with E-state index in [0.717, 1.165) is 13.1 Å². The molecule has 0 aliphatic carbocycles. The van der Waals surface area contributed by atoms with Gasteiger partial charge in [0.15, 0.2) is 0 Å². The Bertz CT molecular complexity index is 286. The smallest absolute Gasteiger partial charge is 0.239 e. The molecule has 1 amide bonds. The lowest BCUT2D eigenvalue weighted by Gasteiger charge is -2.38. The van der Waals surface area contributed by atoms with Crippen molar-refractivity contribution >= 4 is 5.91 Å². The Kier molecular flexibility index (Phi) is 6.23. The summed E-state index contributed by atoms with van der Waals surface area (Å²) in [5.41, 5.74) is -0.717. The zero-order valence-electron chi connectivity index (χ0n) is 12.7. The summed E-state index contributed by atoms with van der Waals surface area (Å²) in [5, 5.41) is 10.5. The van der Waals surface area contributed by atoms with Gasteiger partial charge in [-0.2, -0.15) is 0 Å². The average Bonchev–Trinajstić information content (AvgIpc) is 2.39. The van der Waals surface area contributed by atoms with Crippen molar-refractivity contribution in [2.75, 3.05) is 39.9 Å². The number of carbonyl (C=O) groups is 1. The summed E-state index contributed by atoms with van der Waals surface area (Å²) in [7, 11) is 1.90. The van der Waals surface area contributed by atoms with Crippen molar-refractivity contribution in [2.24, 2.45) is 0 Å². The molecule has 1 atom stereocenters. The van der Waals surface area contributed by atoms with Crippen LogP contribution in [0.2, 0.25) is 0 Å². The maximum atomic E-state index is 12.3. The number of aliphatic hydroxyl groups is 1. The second-order valence-corrected chi connectivity index (χ2v) is 5.44. The van der Waals surface area contributed by atoms with Crippen molar-refractivity contribution in [2.45, 2.75) is 45.3 Å². The van der Waals surface area contributed by atoms with Gasteiger partial charge in [-0.1, -0.05) is 0 Å². The zero-order chi connectivity index (χ0) is 14.5. The third-order valence-corrected chi connectivity index (χ3v) is 4.06. The normalized spacial score (nSPS) is 20.3. The number of carbonyl (C=O) groups excluding carboxylic acids is 1. The molecule has 0 aromatic rings. The molecule has 0 aromatic carbocycles. The third-order valence-electron chi connectivity index (χ3n) is 4.06. The highest BCUT2D eigenvalue weighted by molar-refractivity contribution is 5.81. The molecule has 0 radical (unpaired) electrons.